The molecule has 0 aliphatic rings. The quantitative estimate of drug-likeness (QED) is 0.403. The van der Waals surface area contributed by atoms with Gasteiger partial charge in [0.1, 0.15) is 0 Å². The summed E-state index contributed by atoms with van der Waals surface area (Å²) in [6.45, 7) is 0. The van der Waals surface area contributed by atoms with Crippen LogP contribution < -0.4 is 4.72 Å². The van der Waals surface area contributed by atoms with Crippen molar-refractivity contribution < 1.29 is 8.42 Å². The van der Waals surface area contributed by atoms with Gasteiger partial charge in [0.05, 0.1) is 22.3 Å². The third-order valence-electron chi connectivity index (χ3n) is 5.09. The molecule has 0 aliphatic heterocycles. The van der Waals surface area contributed by atoms with Crippen molar-refractivity contribution in [3.8, 4) is 22.4 Å². The van der Waals surface area contributed by atoms with E-state index >= 15 is 0 Å². The zero-order valence-electron chi connectivity index (χ0n) is 17.0. The minimum atomic E-state index is -3.70. The third-order valence-corrected chi connectivity index (χ3v) is 6.74. The summed E-state index contributed by atoms with van der Waals surface area (Å²) in [6.07, 6.45) is 9.46. The second-order valence-corrected chi connectivity index (χ2v) is 9.46. The Kier molecular flexibility index (Phi) is 4.96. The molecular weight excluding hydrogens is 446 g/mol. The highest BCUT2D eigenvalue weighted by Crippen LogP contribution is 2.29. The highest BCUT2D eigenvalue weighted by Gasteiger charge is 2.15. The van der Waals surface area contributed by atoms with Crippen LogP contribution >= 0.6 is 11.6 Å². The third kappa shape index (κ3) is 3.86. The van der Waals surface area contributed by atoms with Gasteiger partial charge in [-0.3, -0.25) is 14.4 Å². The Morgan fingerprint density at radius 3 is 2.38 bits per heavy atom. The second kappa shape index (κ2) is 7.81. The summed E-state index contributed by atoms with van der Waals surface area (Å²) in [5.41, 5.74) is 5.15. The lowest BCUT2D eigenvalue weighted by Gasteiger charge is -2.09. The summed E-state index contributed by atoms with van der Waals surface area (Å²) in [4.78, 5) is 4.70. The van der Waals surface area contributed by atoms with E-state index < -0.39 is 10.0 Å². The van der Waals surface area contributed by atoms with Crippen LogP contribution in [0, 0.1) is 0 Å². The number of anilines is 1. The maximum atomic E-state index is 12.6. The SMILES string of the molecule is Cn1cc(-c2cc3c(-c4ccc(NS(=O)(=O)c5ccc(Cl)cc5)cc4)nccn3c2)cn1. The zero-order chi connectivity index (χ0) is 22.3. The minimum Gasteiger partial charge on any atom is -0.320 e. The Morgan fingerprint density at radius 2 is 1.69 bits per heavy atom. The van der Waals surface area contributed by atoms with Crippen molar-refractivity contribution in [3.05, 3.63) is 90.6 Å². The van der Waals surface area contributed by atoms with E-state index in [1.165, 1.54) is 12.1 Å². The number of fused-ring (bicyclic) bond motifs is 1. The first-order chi connectivity index (χ1) is 15.4. The number of sulfonamides is 1. The number of rotatable bonds is 5. The molecule has 0 atom stereocenters. The molecular formula is C23H18ClN5O2S. The molecule has 0 unspecified atom stereocenters. The molecule has 7 nitrogen and oxygen atoms in total. The smallest absolute Gasteiger partial charge is 0.261 e. The molecule has 9 heteroatoms. The molecule has 32 heavy (non-hydrogen) atoms. The molecule has 0 saturated heterocycles. The molecule has 0 radical (unpaired) electrons. The summed E-state index contributed by atoms with van der Waals surface area (Å²) in [5, 5.41) is 4.72. The van der Waals surface area contributed by atoms with Gasteiger partial charge in [0.15, 0.2) is 0 Å². The summed E-state index contributed by atoms with van der Waals surface area (Å²) in [7, 11) is -1.82. The molecule has 160 valence electrons. The average molecular weight is 464 g/mol. The fraction of sp³-hybridized carbons (Fsp3) is 0.0435. The van der Waals surface area contributed by atoms with Crippen LogP contribution in [0.1, 0.15) is 0 Å². The zero-order valence-corrected chi connectivity index (χ0v) is 18.5. The van der Waals surface area contributed by atoms with Gasteiger partial charge in [0.2, 0.25) is 0 Å². The number of hydrogen-bond acceptors (Lipinski definition) is 4. The predicted octanol–water partition coefficient (Wildman–Crippen LogP) is 4.86. The van der Waals surface area contributed by atoms with Crippen LogP contribution in [0.3, 0.4) is 0 Å². The summed E-state index contributed by atoms with van der Waals surface area (Å²) >= 11 is 5.85. The monoisotopic (exact) mass is 463 g/mol. The largest absolute Gasteiger partial charge is 0.320 e. The van der Waals surface area contributed by atoms with Crippen LogP contribution in [0.15, 0.2) is 90.5 Å². The number of aromatic nitrogens is 4. The van der Waals surface area contributed by atoms with Gasteiger partial charge >= 0.3 is 0 Å². The molecule has 0 aliphatic carbocycles. The highest BCUT2D eigenvalue weighted by atomic mass is 35.5. The maximum absolute atomic E-state index is 12.6. The van der Waals surface area contributed by atoms with Crippen LogP contribution in [-0.4, -0.2) is 27.6 Å². The van der Waals surface area contributed by atoms with Gasteiger partial charge in [-0.1, -0.05) is 23.7 Å². The molecule has 0 saturated carbocycles. The summed E-state index contributed by atoms with van der Waals surface area (Å²) < 4.78 is 31.6. The van der Waals surface area contributed by atoms with E-state index in [9.17, 15) is 8.42 Å². The summed E-state index contributed by atoms with van der Waals surface area (Å²) in [5.74, 6) is 0. The van der Waals surface area contributed by atoms with E-state index in [0.29, 0.717) is 10.7 Å². The fourth-order valence-corrected chi connectivity index (χ4v) is 4.70. The molecule has 2 aromatic carbocycles. The average Bonchev–Trinajstić information content (AvgIpc) is 3.40. The number of nitrogens with zero attached hydrogens (tertiary/aromatic N) is 4. The van der Waals surface area contributed by atoms with Gasteiger partial charge in [-0.05, 0) is 42.5 Å². The van der Waals surface area contributed by atoms with E-state index in [1.54, 1.807) is 35.1 Å². The maximum Gasteiger partial charge on any atom is 0.261 e. The van der Waals surface area contributed by atoms with E-state index in [1.807, 2.05) is 48.4 Å². The van der Waals surface area contributed by atoms with E-state index in [2.05, 4.69) is 20.9 Å². The minimum absolute atomic E-state index is 0.147. The molecule has 3 heterocycles. The molecule has 0 amide bonds. The standard InChI is InChI=1S/C23H18ClN5O2S/c1-28-14-18(13-26-28)17-12-22-23(25-10-11-29(22)15-17)16-2-6-20(7-3-16)27-32(30,31)21-8-4-19(24)5-9-21/h2-15,27H,1H3. The molecule has 5 aromatic rings. The van der Waals surface area contributed by atoms with Gasteiger partial charge in [-0.25, -0.2) is 8.42 Å². The van der Waals surface area contributed by atoms with Crippen molar-refractivity contribution in [1.82, 2.24) is 19.2 Å². The van der Waals surface area contributed by atoms with Gasteiger partial charge in [0, 0.05) is 59.2 Å². The molecule has 3 aromatic heterocycles. The molecule has 1 N–H and O–H groups in total. The van der Waals surface area contributed by atoms with E-state index in [-0.39, 0.29) is 4.90 Å². The summed E-state index contributed by atoms with van der Waals surface area (Å²) in [6, 6.07) is 15.2. The lowest BCUT2D eigenvalue weighted by molar-refractivity contribution is 0.601. The molecule has 5 rings (SSSR count). The molecule has 0 bridgehead atoms. The highest BCUT2D eigenvalue weighted by molar-refractivity contribution is 7.92. The van der Waals surface area contributed by atoms with Crippen molar-refractivity contribution in [2.45, 2.75) is 4.90 Å². The van der Waals surface area contributed by atoms with Crippen molar-refractivity contribution in [1.29, 1.82) is 0 Å². The first kappa shape index (κ1) is 20.3. The normalized spacial score (nSPS) is 11.7. The van der Waals surface area contributed by atoms with Gasteiger partial charge < -0.3 is 4.40 Å². The van der Waals surface area contributed by atoms with Gasteiger partial charge in [-0.15, -0.1) is 0 Å². The Balaban J connectivity index is 1.45. The number of hydrogen-bond donors (Lipinski definition) is 1. The molecule has 0 fully saturated rings. The first-order valence-corrected chi connectivity index (χ1v) is 11.6. The van der Waals surface area contributed by atoms with Crippen LogP contribution in [0.2, 0.25) is 5.02 Å². The van der Waals surface area contributed by atoms with Crippen molar-refractivity contribution in [2.24, 2.45) is 7.05 Å². The van der Waals surface area contributed by atoms with Crippen molar-refractivity contribution in [3.63, 3.8) is 0 Å². The van der Waals surface area contributed by atoms with Crippen LogP contribution in [0.25, 0.3) is 27.9 Å². The lowest BCUT2D eigenvalue weighted by atomic mass is 10.1. The fourth-order valence-electron chi connectivity index (χ4n) is 3.51. The van der Waals surface area contributed by atoms with Crippen LogP contribution in [-0.2, 0) is 17.1 Å². The van der Waals surface area contributed by atoms with Crippen LogP contribution in [0.4, 0.5) is 5.69 Å². The number of benzene rings is 2. The van der Waals surface area contributed by atoms with Gasteiger partial charge in [-0.2, -0.15) is 5.10 Å². The van der Waals surface area contributed by atoms with Crippen molar-refractivity contribution >= 4 is 32.8 Å². The Bertz CT molecular complexity index is 1520. The van der Waals surface area contributed by atoms with Gasteiger partial charge in [0.25, 0.3) is 10.0 Å². The first-order valence-electron chi connectivity index (χ1n) is 9.74. The topological polar surface area (TPSA) is 81.3 Å². The van der Waals surface area contributed by atoms with E-state index in [0.717, 1.165) is 27.9 Å². The number of nitrogens with one attached hydrogen (secondary N) is 1. The van der Waals surface area contributed by atoms with Crippen molar-refractivity contribution in [2.75, 3.05) is 4.72 Å². The second-order valence-electron chi connectivity index (χ2n) is 7.34. The molecule has 0 spiro atoms. The lowest BCUT2D eigenvalue weighted by Crippen LogP contribution is -2.12. The van der Waals surface area contributed by atoms with Crippen LogP contribution in [0.5, 0.6) is 0 Å². The Labute approximate surface area is 190 Å². The van der Waals surface area contributed by atoms with E-state index in [4.69, 9.17) is 11.6 Å². The Morgan fingerprint density at radius 1 is 0.938 bits per heavy atom. The number of halogens is 1. The number of aryl methyl sites for hydroxylation is 1. The Hall–Kier alpha value is -3.62. The predicted molar refractivity (Wildman–Crippen MR) is 125 cm³/mol.